The largest absolute Gasteiger partial charge is 0.507 e. The monoisotopic (exact) mass is 438 g/mol. The van der Waals surface area contributed by atoms with Gasteiger partial charge in [0.1, 0.15) is 11.5 Å². The summed E-state index contributed by atoms with van der Waals surface area (Å²) in [4.78, 5) is 31.0. The summed E-state index contributed by atoms with van der Waals surface area (Å²) in [5.41, 5.74) is 1.18. The summed E-state index contributed by atoms with van der Waals surface area (Å²) < 4.78 is 6.20. The van der Waals surface area contributed by atoms with Gasteiger partial charge in [-0.2, -0.15) is 0 Å². The minimum Gasteiger partial charge on any atom is -0.507 e. The number of aliphatic hydroxyl groups is 1. The third kappa shape index (κ3) is 3.25. The van der Waals surface area contributed by atoms with Crippen LogP contribution in [0.25, 0.3) is 5.76 Å². The van der Waals surface area contributed by atoms with Crippen molar-refractivity contribution in [2.45, 2.75) is 12.6 Å². The Balaban J connectivity index is 1.85. The molecule has 4 rings (SSSR count). The van der Waals surface area contributed by atoms with E-state index >= 15 is 0 Å². The minimum absolute atomic E-state index is 0.0464. The molecule has 0 aliphatic carbocycles. The lowest BCUT2D eigenvalue weighted by Gasteiger charge is -2.24. The molecule has 1 N–H and O–H groups in total. The van der Waals surface area contributed by atoms with Crippen molar-refractivity contribution in [3.63, 3.8) is 0 Å². The average Bonchev–Trinajstić information content (AvgIpc) is 3.31. The van der Waals surface area contributed by atoms with Crippen LogP contribution in [0, 0.1) is 0 Å². The molecule has 0 spiro atoms. The highest BCUT2D eigenvalue weighted by atomic mass is 79.9. The van der Waals surface area contributed by atoms with Gasteiger partial charge in [0.15, 0.2) is 0 Å². The van der Waals surface area contributed by atoms with Crippen LogP contribution in [0.5, 0.6) is 0 Å². The number of likely N-dealkylation sites (tertiary alicyclic amines) is 1. The molecule has 1 amide bonds. The Morgan fingerprint density at radius 2 is 1.82 bits per heavy atom. The number of hydrogen-bond acceptors (Lipinski definition) is 5. The van der Waals surface area contributed by atoms with Gasteiger partial charge in [-0.05, 0) is 42.0 Å². The van der Waals surface area contributed by atoms with E-state index in [2.05, 4.69) is 20.9 Å². The van der Waals surface area contributed by atoms with Crippen LogP contribution in [0.2, 0.25) is 0 Å². The standard InChI is InChI=1S/C21H15BrN2O4/c22-15-5-3-14(4-6-15)19(25)17-18(13-7-9-23-10-8-13)24(21(27)20(17)26)12-16-2-1-11-28-16/h1-11,18,25H,12H2/b19-17-. The number of furan rings is 1. The Morgan fingerprint density at radius 1 is 1.11 bits per heavy atom. The van der Waals surface area contributed by atoms with Crippen LogP contribution in [-0.2, 0) is 16.1 Å². The van der Waals surface area contributed by atoms with Gasteiger partial charge in [-0.3, -0.25) is 14.6 Å². The van der Waals surface area contributed by atoms with E-state index in [-0.39, 0.29) is 17.9 Å². The van der Waals surface area contributed by atoms with E-state index in [0.29, 0.717) is 16.9 Å². The van der Waals surface area contributed by atoms with E-state index in [0.717, 1.165) is 4.47 Å². The van der Waals surface area contributed by atoms with Crippen molar-refractivity contribution in [2.24, 2.45) is 0 Å². The van der Waals surface area contributed by atoms with Crippen LogP contribution < -0.4 is 0 Å². The first-order chi connectivity index (χ1) is 13.6. The number of amides is 1. The Bertz CT molecular complexity index is 1040. The number of aliphatic hydroxyl groups excluding tert-OH is 1. The van der Waals surface area contributed by atoms with Crippen molar-refractivity contribution in [3.05, 3.63) is 94.1 Å². The van der Waals surface area contributed by atoms with E-state index in [1.165, 1.54) is 11.2 Å². The van der Waals surface area contributed by atoms with Gasteiger partial charge in [-0.1, -0.05) is 28.1 Å². The SMILES string of the molecule is O=C1C(=O)N(Cc2ccco2)C(c2ccncc2)/C1=C(/O)c1ccc(Br)cc1. The second kappa shape index (κ2) is 7.44. The number of Topliss-reactive ketones (excluding diaryl/α,β-unsaturated/α-hetero) is 1. The summed E-state index contributed by atoms with van der Waals surface area (Å²) in [6.45, 7) is 0.113. The molecule has 1 saturated heterocycles. The average molecular weight is 439 g/mol. The predicted octanol–water partition coefficient (Wildman–Crippen LogP) is 4.06. The van der Waals surface area contributed by atoms with Gasteiger partial charge in [0.2, 0.25) is 0 Å². The third-order valence-corrected chi connectivity index (χ3v) is 5.11. The van der Waals surface area contributed by atoms with Crippen molar-refractivity contribution in [1.29, 1.82) is 0 Å². The van der Waals surface area contributed by atoms with Crippen molar-refractivity contribution in [3.8, 4) is 0 Å². The molecule has 1 atom stereocenters. The highest BCUT2D eigenvalue weighted by molar-refractivity contribution is 9.10. The van der Waals surface area contributed by atoms with Crippen LogP contribution in [0.3, 0.4) is 0 Å². The molecule has 0 saturated carbocycles. The van der Waals surface area contributed by atoms with E-state index < -0.39 is 17.7 Å². The smallest absolute Gasteiger partial charge is 0.296 e. The molecule has 6 nitrogen and oxygen atoms in total. The first-order valence-electron chi connectivity index (χ1n) is 8.53. The number of rotatable bonds is 4. The summed E-state index contributed by atoms with van der Waals surface area (Å²) in [5.74, 6) is -1.08. The maximum absolute atomic E-state index is 12.8. The molecular weight excluding hydrogens is 424 g/mol. The van der Waals surface area contributed by atoms with E-state index in [1.807, 2.05) is 0 Å². The van der Waals surface area contributed by atoms with Gasteiger partial charge in [-0.25, -0.2) is 0 Å². The second-order valence-corrected chi connectivity index (χ2v) is 7.21. The van der Waals surface area contributed by atoms with Crippen LogP contribution in [0.15, 0.2) is 81.7 Å². The zero-order valence-corrected chi connectivity index (χ0v) is 16.2. The lowest BCUT2D eigenvalue weighted by molar-refractivity contribution is -0.140. The van der Waals surface area contributed by atoms with Crippen LogP contribution >= 0.6 is 15.9 Å². The summed E-state index contributed by atoms with van der Waals surface area (Å²) in [6, 6.07) is 13.0. The first kappa shape index (κ1) is 18.2. The van der Waals surface area contributed by atoms with E-state index in [1.54, 1.807) is 60.9 Å². The van der Waals surface area contributed by atoms with Gasteiger partial charge in [0, 0.05) is 22.4 Å². The maximum atomic E-state index is 12.8. The highest BCUT2D eigenvalue weighted by Crippen LogP contribution is 2.40. The zero-order chi connectivity index (χ0) is 19.7. The Hall–Kier alpha value is -3.19. The van der Waals surface area contributed by atoms with Gasteiger partial charge < -0.3 is 14.4 Å². The van der Waals surface area contributed by atoms with Crippen LogP contribution in [-0.4, -0.2) is 26.7 Å². The third-order valence-electron chi connectivity index (χ3n) is 4.59. The molecule has 7 heteroatoms. The highest BCUT2D eigenvalue weighted by Gasteiger charge is 2.46. The molecule has 1 fully saturated rings. The van der Waals surface area contributed by atoms with Gasteiger partial charge in [-0.15, -0.1) is 0 Å². The Kier molecular flexibility index (Phi) is 4.83. The summed E-state index contributed by atoms with van der Waals surface area (Å²) >= 11 is 3.35. The second-order valence-electron chi connectivity index (χ2n) is 6.29. The molecule has 0 bridgehead atoms. The molecule has 1 aliphatic rings. The van der Waals surface area contributed by atoms with E-state index in [9.17, 15) is 14.7 Å². The van der Waals surface area contributed by atoms with Gasteiger partial charge in [0.25, 0.3) is 11.7 Å². The molecule has 3 heterocycles. The number of carbonyl (C=O) groups is 2. The molecule has 140 valence electrons. The van der Waals surface area contributed by atoms with Gasteiger partial charge in [0.05, 0.1) is 24.4 Å². The molecule has 1 unspecified atom stereocenters. The Morgan fingerprint density at radius 3 is 2.46 bits per heavy atom. The number of benzene rings is 1. The van der Waals surface area contributed by atoms with Gasteiger partial charge >= 0.3 is 0 Å². The number of nitrogens with zero attached hydrogens (tertiary/aromatic N) is 2. The quantitative estimate of drug-likeness (QED) is 0.377. The number of halogens is 1. The van der Waals surface area contributed by atoms with Crippen molar-refractivity contribution < 1.29 is 19.1 Å². The van der Waals surface area contributed by atoms with Crippen molar-refractivity contribution in [2.75, 3.05) is 0 Å². The molecule has 28 heavy (non-hydrogen) atoms. The van der Waals surface area contributed by atoms with Crippen LogP contribution in [0.1, 0.15) is 22.9 Å². The summed E-state index contributed by atoms with van der Waals surface area (Å²) in [5, 5.41) is 10.9. The normalized spacial score (nSPS) is 18.6. The fraction of sp³-hybridized carbons (Fsp3) is 0.0952. The fourth-order valence-electron chi connectivity index (χ4n) is 3.27. The number of aromatic nitrogens is 1. The lowest BCUT2D eigenvalue weighted by Crippen LogP contribution is -2.29. The maximum Gasteiger partial charge on any atom is 0.296 e. The zero-order valence-electron chi connectivity index (χ0n) is 14.6. The summed E-state index contributed by atoms with van der Waals surface area (Å²) in [7, 11) is 0. The summed E-state index contributed by atoms with van der Waals surface area (Å²) in [6.07, 6.45) is 4.68. The fourth-order valence-corrected chi connectivity index (χ4v) is 3.53. The Labute approximate surface area is 169 Å². The molecular formula is C21H15BrN2O4. The predicted molar refractivity (Wildman–Crippen MR) is 105 cm³/mol. The van der Waals surface area contributed by atoms with Crippen molar-refractivity contribution >= 4 is 33.4 Å². The number of carbonyl (C=O) groups excluding carboxylic acids is 2. The molecule has 0 radical (unpaired) electrons. The number of ketones is 1. The van der Waals surface area contributed by atoms with E-state index in [4.69, 9.17) is 4.42 Å². The lowest BCUT2D eigenvalue weighted by atomic mass is 9.96. The topological polar surface area (TPSA) is 83.6 Å². The number of pyridine rings is 1. The minimum atomic E-state index is -0.739. The molecule has 3 aromatic rings. The molecule has 1 aliphatic heterocycles. The first-order valence-corrected chi connectivity index (χ1v) is 9.32. The van der Waals surface area contributed by atoms with Crippen LogP contribution in [0.4, 0.5) is 0 Å². The molecule has 1 aromatic carbocycles. The molecule has 2 aromatic heterocycles. The number of hydrogen-bond donors (Lipinski definition) is 1. The van der Waals surface area contributed by atoms with Crippen molar-refractivity contribution in [1.82, 2.24) is 9.88 Å².